The number of esters is 1. The van der Waals surface area contributed by atoms with Crippen molar-refractivity contribution < 1.29 is 9.53 Å². The lowest BCUT2D eigenvalue weighted by atomic mass is 9.51. The van der Waals surface area contributed by atoms with Gasteiger partial charge in [0, 0.05) is 12.3 Å². The first-order chi connectivity index (χ1) is 10.6. The van der Waals surface area contributed by atoms with Crippen LogP contribution in [0.3, 0.4) is 0 Å². The molecule has 0 aromatic carbocycles. The summed E-state index contributed by atoms with van der Waals surface area (Å²) in [5.74, 6) is 4.45. The van der Waals surface area contributed by atoms with Gasteiger partial charge in [-0.25, -0.2) is 0 Å². The fraction of sp³-hybridized carbons (Fsp3) is 0.850. The van der Waals surface area contributed by atoms with Crippen LogP contribution in [0, 0.1) is 35.0 Å². The smallest absolute Gasteiger partial charge is 0.302 e. The van der Waals surface area contributed by atoms with Gasteiger partial charge < -0.3 is 4.74 Å². The quantitative estimate of drug-likeness (QED) is 0.517. The van der Waals surface area contributed by atoms with Gasteiger partial charge in [-0.1, -0.05) is 19.1 Å². The van der Waals surface area contributed by atoms with E-state index in [-0.39, 0.29) is 17.5 Å². The van der Waals surface area contributed by atoms with Gasteiger partial charge in [-0.2, -0.15) is 0 Å². The van der Waals surface area contributed by atoms with E-state index in [1.54, 1.807) is 6.92 Å². The van der Waals surface area contributed by atoms with E-state index >= 15 is 0 Å². The molecule has 4 aliphatic carbocycles. The summed E-state index contributed by atoms with van der Waals surface area (Å²) in [5.41, 5.74) is 0.254. The Morgan fingerprint density at radius 2 is 1.82 bits per heavy atom. The molecule has 22 heavy (non-hydrogen) atoms. The van der Waals surface area contributed by atoms with Crippen molar-refractivity contribution in [2.24, 2.45) is 35.0 Å². The van der Waals surface area contributed by atoms with Gasteiger partial charge in [0.15, 0.2) is 0 Å². The van der Waals surface area contributed by atoms with Gasteiger partial charge in [0.25, 0.3) is 0 Å². The molecule has 0 heterocycles. The van der Waals surface area contributed by atoms with E-state index in [4.69, 9.17) is 4.74 Å². The fourth-order valence-corrected chi connectivity index (χ4v) is 6.76. The minimum absolute atomic E-state index is 0.0878. The molecular formula is C20H30O2. The Bertz CT molecular complexity index is 482. The third-order valence-corrected chi connectivity index (χ3v) is 7.75. The van der Waals surface area contributed by atoms with Crippen molar-refractivity contribution in [3.05, 3.63) is 12.2 Å². The van der Waals surface area contributed by atoms with Crippen molar-refractivity contribution in [2.45, 2.75) is 71.3 Å². The second-order valence-electron chi connectivity index (χ2n) is 8.60. The average Bonchev–Trinajstić information content (AvgIpc) is 2.83. The van der Waals surface area contributed by atoms with Crippen molar-refractivity contribution in [3.8, 4) is 0 Å². The SMILES string of the molecule is CC(=O)O[C@H]1CC[C@H]2[C@@H]3CC[C@H]4CC=CC[C@@H]4[C@H]3CC[C@]12C. The molecule has 4 rings (SSSR count). The minimum Gasteiger partial charge on any atom is -0.462 e. The number of rotatable bonds is 1. The Balaban J connectivity index is 1.56. The van der Waals surface area contributed by atoms with Crippen LogP contribution in [0.15, 0.2) is 12.2 Å². The van der Waals surface area contributed by atoms with Crippen LogP contribution >= 0.6 is 0 Å². The molecule has 7 atom stereocenters. The zero-order chi connectivity index (χ0) is 15.3. The highest BCUT2D eigenvalue weighted by molar-refractivity contribution is 5.66. The Labute approximate surface area is 134 Å². The van der Waals surface area contributed by atoms with E-state index in [0.29, 0.717) is 0 Å². The maximum atomic E-state index is 11.5. The standard InChI is InChI=1S/C20H30O2/c1-13(21)22-19-10-9-18-17-8-7-14-5-3-4-6-15(14)16(17)11-12-20(18,19)2/h3-4,14-19H,5-12H2,1-2H3/t14-,15+,16-,17-,18+,19+,20+/m1/s1. The number of fused-ring (bicyclic) bond motifs is 5. The molecule has 0 N–H and O–H groups in total. The lowest BCUT2D eigenvalue weighted by Gasteiger charge is -2.54. The molecule has 122 valence electrons. The van der Waals surface area contributed by atoms with Gasteiger partial charge in [0.05, 0.1) is 0 Å². The fourth-order valence-electron chi connectivity index (χ4n) is 6.76. The first-order valence-corrected chi connectivity index (χ1v) is 9.42. The summed E-state index contributed by atoms with van der Waals surface area (Å²) in [7, 11) is 0. The van der Waals surface area contributed by atoms with E-state index in [2.05, 4.69) is 19.1 Å². The van der Waals surface area contributed by atoms with Gasteiger partial charge in [0.2, 0.25) is 0 Å². The summed E-state index contributed by atoms with van der Waals surface area (Å²) in [5, 5.41) is 0. The largest absolute Gasteiger partial charge is 0.462 e. The molecule has 0 aromatic heterocycles. The molecule has 3 saturated carbocycles. The topological polar surface area (TPSA) is 26.3 Å². The lowest BCUT2D eigenvalue weighted by Crippen LogP contribution is -2.49. The van der Waals surface area contributed by atoms with Gasteiger partial charge in [-0.15, -0.1) is 0 Å². The van der Waals surface area contributed by atoms with E-state index in [9.17, 15) is 4.79 Å². The van der Waals surface area contributed by atoms with E-state index in [1.165, 1.54) is 44.9 Å². The van der Waals surface area contributed by atoms with Gasteiger partial charge in [-0.3, -0.25) is 4.79 Å². The van der Waals surface area contributed by atoms with E-state index in [1.807, 2.05) is 0 Å². The number of carbonyl (C=O) groups excluding carboxylic acids is 1. The van der Waals surface area contributed by atoms with Crippen molar-refractivity contribution in [1.29, 1.82) is 0 Å². The summed E-state index contributed by atoms with van der Waals surface area (Å²) < 4.78 is 5.72. The molecule has 0 amide bonds. The maximum absolute atomic E-state index is 11.5. The zero-order valence-electron chi connectivity index (χ0n) is 14.1. The predicted octanol–water partition coefficient (Wildman–Crippen LogP) is 4.74. The third kappa shape index (κ3) is 2.17. The third-order valence-electron chi connectivity index (χ3n) is 7.75. The molecule has 4 aliphatic rings. The molecule has 3 fully saturated rings. The van der Waals surface area contributed by atoms with Crippen LogP contribution < -0.4 is 0 Å². The van der Waals surface area contributed by atoms with Crippen molar-refractivity contribution in [2.75, 3.05) is 0 Å². The number of hydrogen-bond donors (Lipinski definition) is 0. The van der Waals surface area contributed by atoms with Crippen LogP contribution in [0.5, 0.6) is 0 Å². The van der Waals surface area contributed by atoms with Crippen LogP contribution in [-0.2, 0) is 9.53 Å². The maximum Gasteiger partial charge on any atom is 0.302 e. The van der Waals surface area contributed by atoms with Crippen LogP contribution in [-0.4, -0.2) is 12.1 Å². The summed E-state index contributed by atoms with van der Waals surface area (Å²) in [6.45, 7) is 3.99. The first kappa shape index (κ1) is 14.8. The summed E-state index contributed by atoms with van der Waals surface area (Å²) >= 11 is 0. The van der Waals surface area contributed by atoms with E-state index in [0.717, 1.165) is 36.0 Å². The summed E-state index contributed by atoms with van der Waals surface area (Å²) in [6.07, 6.45) is 15.5. The average molecular weight is 302 g/mol. The zero-order valence-corrected chi connectivity index (χ0v) is 14.1. The summed E-state index contributed by atoms with van der Waals surface area (Å²) in [6, 6.07) is 0. The second kappa shape index (κ2) is 5.39. The molecule has 2 nitrogen and oxygen atoms in total. The Morgan fingerprint density at radius 1 is 1.00 bits per heavy atom. The van der Waals surface area contributed by atoms with Gasteiger partial charge >= 0.3 is 5.97 Å². The molecule has 0 radical (unpaired) electrons. The first-order valence-electron chi connectivity index (χ1n) is 9.42. The number of carbonyl (C=O) groups is 1. The van der Waals surface area contributed by atoms with Crippen molar-refractivity contribution in [3.63, 3.8) is 0 Å². The van der Waals surface area contributed by atoms with Crippen LogP contribution in [0.1, 0.15) is 65.2 Å². The van der Waals surface area contributed by atoms with Gasteiger partial charge in [-0.05, 0) is 81.0 Å². The van der Waals surface area contributed by atoms with Crippen LogP contribution in [0.2, 0.25) is 0 Å². The predicted molar refractivity (Wildman–Crippen MR) is 87.2 cm³/mol. The highest BCUT2D eigenvalue weighted by atomic mass is 16.5. The number of allylic oxidation sites excluding steroid dienone is 2. The van der Waals surface area contributed by atoms with Crippen LogP contribution in [0.25, 0.3) is 0 Å². The molecule has 0 bridgehead atoms. The van der Waals surface area contributed by atoms with Crippen LogP contribution in [0.4, 0.5) is 0 Å². The monoisotopic (exact) mass is 302 g/mol. The molecule has 0 saturated heterocycles. The van der Waals surface area contributed by atoms with Crippen molar-refractivity contribution >= 4 is 5.97 Å². The molecule has 0 aromatic rings. The van der Waals surface area contributed by atoms with Gasteiger partial charge in [0.1, 0.15) is 6.10 Å². The number of ether oxygens (including phenoxy) is 1. The second-order valence-corrected chi connectivity index (χ2v) is 8.60. The normalized spacial score (nSPS) is 49.9. The summed E-state index contributed by atoms with van der Waals surface area (Å²) in [4.78, 5) is 11.5. The lowest BCUT2D eigenvalue weighted by molar-refractivity contribution is -0.157. The molecule has 0 unspecified atom stereocenters. The molecule has 0 spiro atoms. The Hall–Kier alpha value is -0.790. The molecular weight excluding hydrogens is 272 g/mol. The Morgan fingerprint density at radius 3 is 2.64 bits per heavy atom. The van der Waals surface area contributed by atoms with Crippen molar-refractivity contribution in [1.82, 2.24) is 0 Å². The Kier molecular flexibility index (Phi) is 3.62. The number of hydrogen-bond acceptors (Lipinski definition) is 2. The highest BCUT2D eigenvalue weighted by Gasteiger charge is 2.57. The highest BCUT2D eigenvalue weighted by Crippen LogP contribution is 2.62. The molecule has 0 aliphatic heterocycles. The van der Waals surface area contributed by atoms with E-state index < -0.39 is 0 Å². The minimum atomic E-state index is -0.0878. The molecule has 2 heteroatoms.